The lowest BCUT2D eigenvalue weighted by molar-refractivity contribution is -0.678. The van der Waals surface area contributed by atoms with Crippen LogP contribution >= 0.6 is 46.4 Å². The van der Waals surface area contributed by atoms with Crippen LogP contribution in [0.1, 0.15) is 82.8 Å². The summed E-state index contributed by atoms with van der Waals surface area (Å²) in [5, 5.41) is 10.7. The highest BCUT2D eigenvalue weighted by Crippen LogP contribution is 2.29. The quantitative estimate of drug-likeness (QED) is 0.0678. The average molecular weight is 753 g/mol. The summed E-state index contributed by atoms with van der Waals surface area (Å²) < 4.78 is 39.5. The third-order valence-corrected chi connectivity index (χ3v) is 10.7. The number of imidazole rings is 2. The molecule has 4 rings (SSSR count). The molecule has 0 fully saturated rings. The van der Waals surface area contributed by atoms with Gasteiger partial charge in [0.25, 0.3) is 21.8 Å². The second-order valence-electron chi connectivity index (χ2n) is 11.9. The number of unbranched alkanes of at least 4 members (excludes halogenated alkanes) is 6. The van der Waals surface area contributed by atoms with Gasteiger partial charge in [-0.05, 0) is 25.7 Å². The van der Waals surface area contributed by atoms with Gasteiger partial charge in [-0.2, -0.15) is 8.42 Å². The van der Waals surface area contributed by atoms with Gasteiger partial charge < -0.3 is 5.11 Å². The molecule has 0 spiro atoms. The first-order chi connectivity index (χ1) is 22.2. The number of rotatable bonds is 16. The molecule has 2 aromatic heterocycles. The predicted octanol–water partition coefficient (Wildman–Crippen LogP) is 8.52. The van der Waals surface area contributed by atoms with Gasteiger partial charge in [0.05, 0.1) is 52.5 Å². The molecule has 0 unspecified atom stereocenters. The Kier molecular flexibility index (Phi) is 15.1. The maximum absolute atomic E-state index is 11.0. The number of benzene rings is 2. The predicted molar refractivity (Wildman–Crippen MR) is 191 cm³/mol. The van der Waals surface area contributed by atoms with Crippen molar-refractivity contribution in [2.75, 3.05) is 5.75 Å². The smallest absolute Gasteiger partial charge is 0.303 e. The van der Waals surface area contributed by atoms with Crippen molar-refractivity contribution in [1.29, 1.82) is 0 Å². The van der Waals surface area contributed by atoms with E-state index in [0.29, 0.717) is 39.5 Å². The molecule has 0 saturated carbocycles. The lowest BCUT2D eigenvalue weighted by atomic mass is 10.1. The molecule has 14 heteroatoms. The summed E-state index contributed by atoms with van der Waals surface area (Å²) in [5.41, 5.74) is 3.98. The SMILES string of the molecule is CCCCCCCCn1c(C)[n+](CCCS(=O)(=O)O)c2cc(Cl)c(Cl)cc21.Cc1n(CCCCC(=O)O)c2cc(Cl)c(Cl)cc2[n+]1C. The summed E-state index contributed by atoms with van der Waals surface area (Å²) in [6.07, 6.45) is 9.33. The zero-order chi connectivity index (χ0) is 34.9. The van der Waals surface area contributed by atoms with E-state index in [1.54, 1.807) is 0 Å². The molecule has 260 valence electrons. The maximum Gasteiger partial charge on any atom is 0.303 e. The summed E-state index contributed by atoms with van der Waals surface area (Å²) in [7, 11) is -1.98. The molecular weight excluding hydrogens is 706 g/mol. The number of nitrogens with zero attached hydrogens (tertiary/aromatic N) is 4. The van der Waals surface area contributed by atoms with Crippen molar-refractivity contribution in [1.82, 2.24) is 9.13 Å². The number of halogens is 4. The Balaban J connectivity index is 0.000000267. The van der Waals surface area contributed by atoms with Crippen LogP contribution in [0.2, 0.25) is 20.1 Å². The van der Waals surface area contributed by atoms with E-state index >= 15 is 0 Å². The third-order valence-electron chi connectivity index (χ3n) is 8.47. The van der Waals surface area contributed by atoms with Crippen molar-refractivity contribution in [3.05, 3.63) is 56.0 Å². The van der Waals surface area contributed by atoms with Crippen molar-refractivity contribution < 1.29 is 32.0 Å². The van der Waals surface area contributed by atoms with Gasteiger partial charge in [0, 0.05) is 51.0 Å². The van der Waals surface area contributed by atoms with Gasteiger partial charge in [0.2, 0.25) is 0 Å². The standard InChI is InChI=1S/C19H28Cl2N2O3S.C14H16Cl2N2O2/c1-3-4-5-6-7-8-10-22-15(2)23(11-9-12-27(24,25)26)19-14-17(21)16(20)13-18(19)22;1-9-17(2)12-7-10(15)11(16)8-13(12)18(9)6-4-3-5-14(19)20/h13-14H,3-12H2,1-2H3;7-8H,3-6H2,1-2H3/p+2. The Morgan fingerprint density at radius 1 is 0.745 bits per heavy atom. The highest BCUT2D eigenvalue weighted by Gasteiger charge is 2.24. The molecule has 4 aromatic rings. The number of hydrogen-bond donors (Lipinski definition) is 2. The lowest BCUT2D eigenvalue weighted by Gasteiger charge is -2.02. The normalized spacial score (nSPS) is 11.8. The Morgan fingerprint density at radius 3 is 1.81 bits per heavy atom. The van der Waals surface area contributed by atoms with Crippen molar-refractivity contribution in [2.45, 2.75) is 105 Å². The molecule has 2 N–H and O–H groups in total. The van der Waals surface area contributed by atoms with Crippen LogP contribution < -0.4 is 9.13 Å². The first-order valence-corrected chi connectivity index (χ1v) is 19.2. The summed E-state index contributed by atoms with van der Waals surface area (Å²) in [6.45, 7) is 8.41. The minimum atomic E-state index is -3.96. The number of hydrogen-bond acceptors (Lipinski definition) is 3. The zero-order valence-corrected chi connectivity index (χ0v) is 31.4. The van der Waals surface area contributed by atoms with E-state index in [2.05, 4.69) is 25.2 Å². The Bertz CT molecular complexity index is 1800. The minimum Gasteiger partial charge on any atom is -0.481 e. The molecule has 0 aliphatic rings. The number of carbonyl (C=O) groups is 1. The molecule has 2 heterocycles. The van der Waals surface area contributed by atoms with E-state index < -0.39 is 16.1 Å². The number of aromatic nitrogens is 4. The summed E-state index contributed by atoms with van der Waals surface area (Å²) in [5.74, 6) is 1.12. The van der Waals surface area contributed by atoms with E-state index in [1.807, 2.05) is 45.2 Å². The number of aryl methyl sites for hydroxylation is 4. The van der Waals surface area contributed by atoms with Crippen LogP contribution in [0.4, 0.5) is 0 Å². The van der Waals surface area contributed by atoms with Gasteiger partial charge >= 0.3 is 5.97 Å². The third kappa shape index (κ3) is 11.0. The van der Waals surface area contributed by atoms with E-state index in [-0.39, 0.29) is 12.2 Å². The molecule has 0 aliphatic heterocycles. The van der Waals surface area contributed by atoms with Crippen molar-refractivity contribution in [3.8, 4) is 0 Å². The Morgan fingerprint density at radius 2 is 1.23 bits per heavy atom. The Hall–Kier alpha value is -2.08. The van der Waals surface area contributed by atoms with E-state index in [0.717, 1.165) is 59.6 Å². The van der Waals surface area contributed by atoms with Crippen molar-refractivity contribution in [3.63, 3.8) is 0 Å². The number of carboxylic acids is 1. The van der Waals surface area contributed by atoms with Crippen LogP contribution in [0.3, 0.4) is 0 Å². The molecule has 0 amide bonds. The van der Waals surface area contributed by atoms with Crippen LogP contribution in [0.5, 0.6) is 0 Å². The van der Waals surface area contributed by atoms with E-state index in [9.17, 15) is 13.2 Å². The molecule has 2 aromatic carbocycles. The fraction of sp³-hybridized carbons (Fsp3) is 0.545. The highest BCUT2D eigenvalue weighted by molar-refractivity contribution is 7.85. The monoisotopic (exact) mass is 750 g/mol. The van der Waals surface area contributed by atoms with Crippen LogP contribution in [0.25, 0.3) is 22.1 Å². The minimum absolute atomic E-state index is 0.205. The van der Waals surface area contributed by atoms with Crippen LogP contribution in [0, 0.1) is 13.8 Å². The number of carboxylic acid groups (broad SMARTS) is 1. The van der Waals surface area contributed by atoms with Crippen LogP contribution in [0.15, 0.2) is 24.3 Å². The second-order valence-corrected chi connectivity index (χ2v) is 15.1. The summed E-state index contributed by atoms with van der Waals surface area (Å²) in [6, 6.07) is 7.43. The average Bonchev–Trinajstić information content (AvgIpc) is 3.37. The lowest BCUT2D eigenvalue weighted by Crippen LogP contribution is -2.37. The van der Waals surface area contributed by atoms with E-state index in [1.165, 1.54) is 32.1 Å². The van der Waals surface area contributed by atoms with Gasteiger partial charge in [-0.1, -0.05) is 79.0 Å². The summed E-state index contributed by atoms with van der Waals surface area (Å²) in [4.78, 5) is 10.5. The molecule has 0 radical (unpaired) electrons. The van der Waals surface area contributed by atoms with Crippen molar-refractivity contribution in [2.24, 2.45) is 7.05 Å². The van der Waals surface area contributed by atoms with Gasteiger partial charge in [-0.3, -0.25) is 9.35 Å². The topological polar surface area (TPSA) is 109 Å². The zero-order valence-electron chi connectivity index (χ0n) is 27.5. The molecule has 47 heavy (non-hydrogen) atoms. The van der Waals surface area contributed by atoms with Gasteiger partial charge in [-0.15, -0.1) is 0 Å². The van der Waals surface area contributed by atoms with Crippen LogP contribution in [-0.4, -0.2) is 38.9 Å². The molecule has 0 saturated heterocycles. The van der Waals surface area contributed by atoms with Gasteiger partial charge in [0.1, 0.15) is 0 Å². The fourth-order valence-electron chi connectivity index (χ4n) is 5.84. The molecule has 9 nitrogen and oxygen atoms in total. The first-order valence-electron chi connectivity index (χ1n) is 16.0. The molecule has 0 bridgehead atoms. The summed E-state index contributed by atoms with van der Waals surface area (Å²) >= 11 is 24.6. The Labute approximate surface area is 297 Å². The largest absolute Gasteiger partial charge is 0.481 e. The maximum atomic E-state index is 11.0. The first kappa shape index (κ1) is 39.4. The molecule has 0 aliphatic carbocycles. The fourth-order valence-corrected chi connectivity index (χ4v) is 6.97. The number of aliphatic carboxylic acids is 1. The second kappa shape index (κ2) is 18.1. The van der Waals surface area contributed by atoms with Crippen LogP contribution in [-0.2, 0) is 41.6 Å². The molecular formula is C33H46Cl4N4O5S+2. The number of fused-ring (bicyclic) bond motifs is 2. The van der Waals surface area contributed by atoms with Gasteiger partial charge in [0.15, 0.2) is 22.1 Å². The van der Waals surface area contributed by atoms with Gasteiger partial charge in [-0.25, -0.2) is 18.3 Å². The molecule has 0 atom stereocenters. The highest BCUT2D eigenvalue weighted by atomic mass is 35.5. The van der Waals surface area contributed by atoms with E-state index in [4.69, 9.17) is 56.1 Å². The van der Waals surface area contributed by atoms with Crippen molar-refractivity contribution >= 4 is 84.6 Å².